The van der Waals surface area contributed by atoms with Gasteiger partial charge in [0.2, 0.25) is 5.91 Å². The van der Waals surface area contributed by atoms with Crippen LogP contribution < -0.4 is 5.32 Å². The van der Waals surface area contributed by atoms with Gasteiger partial charge in [0.25, 0.3) is 5.69 Å². The average Bonchev–Trinajstić information content (AvgIpc) is 2.72. The lowest BCUT2D eigenvalue weighted by Crippen LogP contribution is -2.24. The Labute approximate surface area is 116 Å². The highest BCUT2D eigenvalue weighted by atomic mass is 32.2. The van der Waals surface area contributed by atoms with Gasteiger partial charge >= 0.3 is 0 Å². The number of aryl methyl sites for hydroxylation is 1. The monoisotopic (exact) mass is 298 g/mol. The molecule has 0 aromatic heterocycles. The molecule has 1 aliphatic rings. The van der Waals surface area contributed by atoms with Crippen molar-refractivity contribution >= 4 is 27.1 Å². The molecule has 1 aliphatic heterocycles. The molecule has 1 fully saturated rings. The lowest BCUT2D eigenvalue weighted by atomic mass is 10.1. The summed E-state index contributed by atoms with van der Waals surface area (Å²) in [6.45, 7) is 1.71. The molecule has 2 rings (SSSR count). The molecule has 108 valence electrons. The number of benzene rings is 1. The van der Waals surface area contributed by atoms with E-state index in [2.05, 4.69) is 5.32 Å². The molecule has 1 aromatic carbocycles. The van der Waals surface area contributed by atoms with Crippen molar-refractivity contribution in [3.05, 3.63) is 33.9 Å². The zero-order valence-corrected chi connectivity index (χ0v) is 11.6. The van der Waals surface area contributed by atoms with Crippen LogP contribution in [0.1, 0.15) is 12.0 Å². The molecule has 0 aliphatic carbocycles. The molecule has 1 saturated heterocycles. The Kier molecular flexibility index (Phi) is 3.76. The van der Waals surface area contributed by atoms with Crippen molar-refractivity contribution in [2.24, 2.45) is 5.92 Å². The molecular weight excluding hydrogens is 284 g/mol. The molecule has 7 nitrogen and oxygen atoms in total. The van der Waals surface area contributed by atoms with Gasteiger partial charge in [0, 0.05) is 12.1 Å². The molecule has 0 saturated carbocycles. The van der Waals surface area contributed by atoms with Gasteiger partial charge in [-0.15, -0.1) is 0 Å². The fourth-order valence-corrected chi connectivity index (χ4v) is 3.84. The van der Waals surface area contributed by atoms with Crippen molar-refractivity contribution in [1.82, 2.24) is 0 Å². The minimum absolute atomic E-state index is 0.0129. The van der Waals surface area contributed by atoms with Crippen LogP contribution in [0.4, 0.5) is 11.4 Å². The van der Waals surface area contributed by atoms with Crippen molar-refractivity contribution in [2.75, 3.05) is 16.8 Å². The number of sulfone groups is 1. The predicted molar refractivity (Wildman–Crippen MR) is 73.2 cm³/mol. The van der Waals surface area contributed by atoms with E-state index in [9.17, 15) is 23.3 Å². The number of carbonyl (C=O) groups excluding carboxylic acids is 1. The number of amides is 1. The number of nitro benzene ring substituents is 1. The van der Waals surface area contributed by atoms with E-state index in [1.54, 1.807) is 13.0 Å². The zero-order chi connectivity index (χ0) is 14.9. The van der Waals surface area contributed by atoms with E-state index in [0.29, 0.717) is 17.7 Å². The van der Waals surface area contributed by atoms with Crippen LogP contribution in [0.5, 0.6) is 0 Å². The molecule has 1 amide bonds. The highest BCUT2D eigenvalue weighted by Crippen LogP contribution is 2.24. The third-order valence-corrected chi connectivity index (χ3v) is 5.06. The van der Waals surface area contributed by atoms with E-state index in [1.165, 1.54) is 12.1 Å². The standard InChI is InChI=1S/C12H14N2O5S/c1-8-2-3-10(14(16)17)6-11(8)13-12(15)9-4-5-20(18,19)7-9/h2-3,6,9H,4-5,7H2,1H3,(H,13,15). The first-order chi connectivity index (χ1) is 9.28. The van der Waals surface area contributed by atoms with Gasteiger partial charge in [0.1, 0.15) is 0 Å². The summed E-state index contributed by atoms with van der Waals surface area (Å²) in [7, 11) is -3.13. The Balaban J connectivity index is 2.16. The van der Waals surface area contributed by atoms with Crippen LogP contribution in [0.3, 0.4) is 0 Å². The van der Waals surface area contributed by atoms with Gasteiger partial charge < -0.3 is 5.32 Å². The molecule has 1 N–H and O–H groups in total. The molecule has 0 bridgehead atoms. The number of nitro groups is 1. The second-order valence-corrected chi connectivity index (χ2v) is 7.07. The fraction of sp³-hybridized carbons (Fsp3) is 0.417. The van der Waals surface area contributed by atoms with Crippen LogP contribution in [-0.4, -0.2) is 30.8 Å². The molecule has 1 unspecified atom stereocenters. The first-order valence-electron chi connectivity index (χ1n) is 6.05. The smallest absolute Gasteiger partial charge is 0.271 e. The van der Waals surface area contributed by atoms with Crippen molar-refractivity contribution in [2.45, 2.75) is 13.3 Å². The van der Waals surface area contributed by atoms with Crippen molar-refractivity contribution in [3.8, 4) is 0 Å². The topological polar surface area (TPSA) is 106 Å². The maximum Gasteiger partial charge on any atom is 0.271 e. The molecule has 1 heterocycles. The number of hydrogen-bond acceptors (Lipinski definition) is 5. The zero-order valence-electron chi connectivity index (χ0n) is 10.8. The Morgan fingerprint density at radius 1 is 1.45 bits per heavy atom. The number of carbonyl (C=O) groups is 1. The normalized spacial score (nSPS) is 20.6. The second-order valence-electron chi connectivity index (χ2n) is 4.85. The van der Waals surface area contributed by atoms with Crippen LogP contribution in [-0.2, 0) is 14.6 Å². The SMILES string of the molecule is Cc1ccc([N+](=O)[O-])cc1NC(=O)C1CCS(=O)(=O)C1. The van der Waals surface area contributed by atoms with Gasteiger partial charge in [-0.1, -0.05) is 6.07 Å². The third kappa shape index (κ3) is 3.13. The molecular formula is C12H14N2O5S. The maximum atomic E-state index is 12.0. The maximum absolute atomic E-state index is 12.0. The first-order valence-corrected chi connectivity index (χ1v) is 7.87. The van der Waals surface area contributed by atoms with Gasteiger partial charge in [-0.2, -0.15) is 0 Å². The summed E-state index contributed by atoms with van der Waals surface area (Å²) in [5.41, 5.74) is 0.906. The lowest BCUT2D eigenvalue weighted by Gasteiger charge is -2.11. The summed E-state index contributed by atoms with van der Waals surface area (Å²) in [6.07, 6.45) is 0.294. The summed E-state index contributed by atoms with van der Waals surface area (Å²) in [6, 6.07) is 4.17. The van der Waals surface area contributed by atoms with Crippen LogP contribution >= 0.6 is 0 Å². The molecule has 8 heteroatoms. The summed E-state index contributed by atoms with van der Waals surface area (Å²) >= 11 is 0. The summed E-state index contributed by atoms with van der Waals surface area (Å²) in [5.74, 6) is -1.14. The highest BCUT2D eigenvalue weighted by Gasteiger charge is 2.33. The average molecular weight is 298 g/mol. The van der Waals surface area contributed by atoms with E-state index in [0.717, 1.165) is 0 Å². The van der Waals surface area contributed by atoms with Crippen LogP contribution in [0, 0.1) is 23.0 Å². The Hall–Kier alpha value is -1.96. The van der Waals surface area contributed by atoms with Gasteiger partial charge in [-0.05, 0) is 18.9 Å². The third-order valence-electron chi connectivity index (χ3n) is 3.29. The number of rotatable bonds is 3. The van der Waals surface area contributed by atoms with E-state index in [4.69, 9.17) is 0 Å². The first kappa shape index (κ1) is 14.4. The Morgan fingerprint density at radius 3 is 2.70 bits per heavy atom. The quantitative estimate of drug-likeness (QED) is 0.668. The minimum atomic E-state index is -3.13. The summed E-state index contributed by atoms with van der Waals surface area (Å²) < 4.78 is 22.7. The number of nitrogens with zero attached hydrogens (tertiary/aromatic N) is 1. The van der Waals surface area contributed by atoms with Crippen molar-refractivity contribution in [1.29, 1.82) is 0 Å². The van der Waals surface area contributed by atoms with E-state index in [1.807, 2.05) is 0 Å². The van der Waals surface area contributed by atoms with Gasteiger partial charge in [0.15, 0.2) is 9.84 Å². The number of anilines is 1. The minimum Gasteiger partial charge on any atom is -0.325 e. The van der Waals surface area contributed by atoms with Gasteiger partial charge in [-0.3, -0.25) is 14.9 Å². The Bertz CT molecular complexity index is 668. The fourth-order valence-electron chi connectivity index (χ4n) is 2.09. The second kappa shape index (κ2) is 5.20. The Morgan fingerprint density at radius 2 is 2.15 bits per heavy atom. The van der Waals surface area contributed by atoms with Crippen molar-refractivity contribution in [3.63, 3.8) is 0 Å². The largest absolute Gasteiger partial charge is 0.325 e. The van der Waals surface area contributed by atoms with E-state index < -0.39 is 26.6 Å². The molecule has 0 spiro atoms. The van der Waals surface area contributed by atoms with Crippen molar-refractivity contribution < 1.29 is 18.1 Å². The summed E-state index contributed by atoms with van der Waals surface area (Å²) in [5, 5.41) is 13.3. The van der Waals surface area contributed by atoms with Gasteiger partial charge in [-0.25, -0.2) is 8.42 Å². The molecule has 0 radical (unpaired) electrons. The van der Waals surface area contributed by atoms with Crippen LogP contribution in [0.2, 0.25) is 0 Å². The van der Waals surface area contributed by atoms with E-state index >= 15 is 0 Å². The highest BCUT2D eigenvalue weighted by molar-refractivity contribution is 7.91. The molecule has 20 heavy (non-hydrogen) atoms. The summed E-state index contributed by atoms with van der Waals surface area (Å²) in [4.78, 5) is 22.1. The predicted octanol–water partition coefficient (Wildman–Crippen LogP) is 1.28. The molecule has 1 atom stereocenters. The van der Waals surface area contributed by atoms with E-state index in [-0.39, 0.29) is 17.2 Å². The lowest BCUT2D eigenvalue weighted by molar-refractivity contribution is -0.384. The van der Waals surface area contributed by atoms with Crippen LogP contribution in [0.25, 0.3) is 0 Å². The van der Waals surface area contributed by atoms with Gasteiger partial charge in [0.05, 0.1) is 28.0 Å². The number of non-ortho nitro benzene ring substituents is 1. The van der Waals surface area contributed by atoms with Crippen LogP contribution in [0.15, 0.2) is 18.2 Å². The number of hydrogen-bond donors (Lipinski definition) is 1. The molecule has 1 aromatic rings. The number of nitrogens with one attached hydrogen (secondary N) is 1.